The number of hydrogen-bond acceptors (Lipinski definition) is 3. The molecule has 0 bridgehead atoms. The van der Waals surface area contributed by atoms with Gasteiger partial charge >= 0.3 is 0 Å². The highest BCUT2D eigenvalue weighted by atomic mass is 35.5. The molecule has 4 heteroatoms. The molecule has 18 heavy (non-hydrogen) atoms. The van der Waals surface area contributed by atoms with Crippen LogP contribution in [0.3, 0.4) is 0 Å². The number of benzene rings is 1. The van der Waals surface area contributed by atoms with Crippen molar-refractivity contribution in [2.75, 3.05) is 20.3 Å². The molecule has 2 aromatic rings. The molecule has 1 heterocycles. The monoisotopic (exact) mass is 265 g/mol. The minimum atomic E-state index is 0.388. The quantitative estimate of drug-likeness (QED) is 0.593. The van der Waals surface area contributed by atoms with E-state index < -0.39 is 0 Å². The van der Waals surface area contributed by atoms with Gasteiger partial charge in [0, 0.05) is 25.5 Å². The number of rotatable bonds is 6. The maximum Gasteiger partial charge on any atom is 0.221 e. The van der Waals surface area contributed by atoms with Crippen molar-refractivity contribution < 1.29 is 9.47 Å². The number of hydrogen-bond donors (Lipinski definition) is 0. The second kappa shape index (κ2) is 6.57. The number of aromatic nitrogens is 1. The maximum absolute atomic E-state index is 5.84. The van der Waals surface area contributed by atoms with Gasteiger partial charge in [0.1, 0.15) is 0 Å². The molecule has 0 aliphatic heterocycles. The number of alkyl halides is 1. The van der Waals surface area contributed by atoms with Crippen molar-refractivity contribution in [2.24, 2.45) is 0 Å². The fourth-order valence-corrected chi connectivity index (χ4v) is 1.91. The van der Waals surface area contributed by atoms with Gasteiger partial charge in [0.25, 0.3) is 0 Å². The Kier molecular flexibility index (Phi) is 4.79. The molecule has 0 aliphatic rings. The van der Waals surface area contributed by atoms with Crippen LogP contribution in [0.25, 0.3) is 10.8 Å². The van der Waals surface area contributed by atoms with Gasteiger partial charge in [-0.3, -0.25) is 0 Å². The second-order valence-corrected chi connectivity index (χ2v) is 4.24. The summed E-state index contributed by atoms with van der Waals surface area (Å²) in [5, 5.41) is 2.12. The van der Waals surface area contributed by atoms with E-state index in [1.165, 1.54) is 0 Å². The van der Waals surface area contributed by atoms with Crippen LogP contribution in [-0.4, -0.2) is 25.3 Å². The van der Waals surface area contributed by atoms with E-state index >= 15 is 0 Å². The lowest BCUT2D eigenvalue weighted by Gasteiger charge is -2.09. The summed E-state index contributed by atoms with van der Waals surface area (Å²) in [6, 6.07) is 10.0. The fraction of sp³-hybridized carbons (Fsp3) is 0.357. The third kappa shape index (κ3) is 3.12. The van der Waals surface area contributed by atoms with Crippen LogP contribution in [0.4, 0.5) is 0 Å². The first-order valence-corrected chi connectivity index (χ1v) is 6.45. The zero-order chi connectivity index (χ0) is 12.8. The minimum absolute atomic E-state index is 0.388. The number of halogens is 1. The molecule has 0 atom stereocenters. The van der Waals surface area contributed by atoms with Crippen LogP contribution >= 0.6 is 11.6 Å². The van der Waals surface area contributed by atoms with E-state index in [-0.39, 0.29) is 0 Å². The van der Waals surface area contributed by atoms with E-state index in [9.17, 15) is 0 Å². The van der Waals surface area contributed by atoms with Crippen LogP contribution in [0.15, 0.2) is 30.3 Å². The fourth-order valence-electron chi connectivity index (χ4n) is 1.77. The van der Waals surface area contributed by atoms with E-state index in [1.807, 2.05) is 30.3 Å². The average molecular weight is 266 g/mol. The minimum Gasteiger partial charge on any atom is -0.477 e. The first-order chi connectivity index (χ1) is 8.85. The zero-order valence-electron chi connectivity index (χ0n) is 10.4. The van der Waals surface area contributed by atoms with Crippen molar-refractivity contribution >= 4 is 22.4 Å². The topological polar surface area (TPSA) is 31.4 Å². The summed E-state index contributed by atoms with van der Waals surface area (Å²) < 4.78 is 10.7. The largest absolute Gasteiger partial charge is 0.477 e. The Labute approximate surface area is 112 Å². The lowest BCUT2D eigenvalue weighted by Crippen LogP contribution is -2.04. The molecular formula is C14H16ClNO2. The summed E-state index contributed by atoms with van der Waals surface area (Å²) in [4.78, 5) is 4.42. The molecule has 1 aromatic carbocycles. The van der Waals surface area contributed by atoms with E-state index in [1.54, 1.807) is 7.11 Å². The summed E-state index contributed by atoms with van der Waals surface area (Å²) in [7, 11) is 1.68. The van der Waals surface area contributed by atoms with Crippen LogP contribution in [0.2, 0.25) is 0 Å². The van der Waals surface area contributed by atoms with Gasteiger partial charge in [0.15, 0.2) is 0 Å². The Bertz CT molecular complexity index is 516. The molecule has 0 amide bonds. The lowest BCUT2D eigenvalue weighted by atomic mass is 10.1. The van der Waals surface area contributed by atoms with Crippen molar-refractivity contribution in [3.8, 4) is 5.88 Å². The van der Waals surface area contributed by atoms with Gasteiger partial charge in [0.2, 0.25) is 5.88 Å². The number of pyridine rings is 1. The molecule has 96 valence electrons. The van der Waals surface area contributed by atoms with E-state index in [0.29, 0.717) is 25.0 Å². The van der Waals surface area contributed by atoms with Crippen molar-refractivity contribution in [3.63, 3.8) is 0 Å². The molecule has 0 saturated heterocycles. The van der Waals surface area contributed by atoms with E-state index in [4.69, 9.17) is 21.1 Å². The van der Waals surface area contributed by atoms with Crippen molar-refractivity contribution in [3.05, 3.63) is 36.0 Å². The first kappa shape index (κ1) is 13.1. The highest BCUT2D eigenvalue weighted by Crippen LogP contribution is 2.25. The average Bonchev–Trinajstić information content (AvgIpc) is 2.43. The third-order valence-corrected chi connectivity index (χ3v) is 2.90. The van der Waals surface area contributed by atoms with Gasteiger partial charge in [-0.15, -0.1) is 11.6 Å². The number of ether oxygens (including phenoxy) is 2. The molecule has 0 fully saturated rings. The predicted molar refractivity (Wildman–Crippen MR) is 73.3 cm³/mol. The lowest BCUT2D eigenvalue weighted by molar-refractivity contribution is 0.171. The van der Waals surface area contributed by atoms with Crippen LogP contribution in [0.1, 0.15) is 12.1 Å². The molecular weight excluding hydrogens is 250 g/mol. The van der Waals surface area contributed by atoms with Crippen LogP contribution in [-0.2, 0) is 10.6 Å². The molecule has 0 radical (unpaired) electrons. The molecule has 2 rings (SSSR count). The Morgan fingerprint density at radius 1 is 1.22 bits per heavy atom. The van der Waals surface area contributed by atoms with Gasteiger partial charge in [-0.25, -0.2) is 4.98 Å². The summed E-state index contributed by atoms with van der Waals surface area (Å²) in [5.74, 6) is 1.04. The normalized spacial score (nSPS) is 10.8. The predicted octanol–water partition coefficient (Wildman–Crippen LogP) is 3.39. The van der Waals surface area contributed by atoms with E-state index in [2.05, 4.69) is 4.98 Å². The van der Waals surface area contributed by atoms with Gasteiger partial charge in [0.05, 0.1) is 18.2 Å². The molecule has 3 nitrogen and oxygen atoms in total. The Morgan fingerprint density at radius 3 is 2.83 bits per heavy atom. The van der Waals surface area contributed by atoms with Crippen LogP contribution in [0.5, 0.6) is 5.88 Å². The molecule has 0 N–H and O–H groups in total. The summed E-state index contributed by atoms with van der Waals surface area (Å²) in [6.45, 7) is 1.28. The number of nitrogens with zero attached hydrogens (tertiary/aromatic N) is 1. The maximum atomic E-state index is 5.84. The SMILES string of the molecule is COCCCOc1nc(CCl)cc2ccccc12. The molecule has 0 aliphatic carbocycles. The molecule has 1 aromatic heterocycles. The van der Waals surface area contributed by atoms with Gasteiger partial charge in [-0.1, -0.05) is 18.2 Å². The van der Waals surface area contributed by atoms with Crippen molar-refractivity contribution in [1.29, 1.82) is 0 Å². The summed E-state index contributed by atoms with van der Waals surface area (Å²) in [6.07, 6.45) is 0.845. The van der Waals surface area contributed by atoms with E-state index in [0.717, 1.165) is 22.9 Å². The summed E-state index contributed by atoms with van der Waals surface area (Å²) in [5.41, 5.74) is 0.831. The number of fused-ring (bicyclic) bond motifs is 1. The molecule has 0 unspecified atom stereocenters. The Balaban J connectivity index is 2.23. The van der Waals surface area contributed by atoms with Crippen LogP contribution < -0.4 is 4.74 Å². The molecule has 0 spiro atoms. The van der Waals surface area contributed by atoms with Crippen molar-refractivity contribution in [2.45, 2.75) is 12.3 Å². The summed E-state index contributed by atoms with van der Waals surface area (Å²) >= 11 is 5.84. The van der Waals surface area contributed by atoms with Gasteiger partial charge < -0.3 is 9.47 Å². The van der Waals surface area contributed by atoms with Crippen molar-refractivity contribution in [1.82, 2.24) is 4.98 Å². The Hall–Kier alpha value is -1.32. The highest BCUT2D eigenvalue weighted by molar-refractivity contribution is 6.17. The van der Waals surface area contributed by atoms with Crippen LogP contribution in [0, 0.1) is 0 Å². The molecule has 0 saturated carbocycles. The van der Waals surface area contributed by atoms with Gasteiger partial charge in [-0.05, 0) is 17.5 Å². The first-order valence-electron chi connectivity index (χ1n) is 5.91. The second-order valence-electron chi connectivity index (χ2n) is 3.97. The zero-order valence-corrected chi connectivity index (χ0v) is 11.1. The number of methoxy groups -OCH3 is 1. The highest BCUT2D eigenvalue weighted by Gasteiger charge is 2.06. The Morgan fingerprint density at radius 2 is 2.06 bits per heavy atom. The third-order valence-electron chi connectivity index (χ3n) is 2.63. The standard InChI is InChI=1S/C14H16ClNO2/c1-17-7-4-8-18-14-13-6-3-2-5-11(13)9-12(10-15)16-14/h2-3,5-6,9H,4,7-8,10H2,1H3. The van der Waals surface area contributed by atoms with Gasteiger partial charge in [-0.2, -0.15) is 0 Å². The smallest absolute Gasteiger partial charge is 0.221 e.